The number of carboxylic acids is 1. The summed E-state index contributed by atoms with van der Waals surface area (Å²) in [4.78, 5) is 19.8. The van der Waals surface area contributed by atoms with Gasteiger partial charge in [0.25, 0.3) is 0 Å². The number of hydrogen-bond donors (Lipinski definition) is 3. The quantitative estimate of drug-likeness (QED) is 0.489. The Bertz CT molecular complexity index is 1170. The molecule has 4 rings (SSSR count). The SMILES string of the molecule is COc1cc(-c2nc3cnccn3c2Nc2ccc(C(=O)O)cc2)ccc1O. The Kier molecular flexibility index (Phi) is 4.29. The minimum atomic E-state index is -0.982. The van der Waals surface area contributed by atoms with E-state index in [0.29, 0.717) is 28.6 Å². The number of nitrogens with one attached hydrogen (secondary N) is 1. The summed E-state index contributed by atoms with van der Waals surface area (Å²) < 4.78 is 7.04. The molecule has 0 aliphatic rings. The van der Waals surface area contributed by atoms with Crippen molar-refractivity contribution in [1.29, 1.82) is 0 Å². The predicted molar refractivity (Wildman–Crippen MR) is 103 cm³/mol. The van der Waals surface area contributed by atoms with E-state index in [4.69, 9.17) is 9.84 Å². The lowest BCUT2D eigenvalue weighted by molar-refractivity contribution is 0.0697. The first kappa shape index (κ1) is 17.3. The molecule has 2 aromatic carbocycles. The third-order valence-electron chi connectivity index (χ3n) is 4.28. The van der Waals surface area contributed by atoms with Crippen molar-refractivity contribution >= 4 is 23.1 Å². The van der Waals surface area contributed by atoms with Crippen LogP contribution in [0.15, 0.2) is 61.1 Å². The fourth-order valence-electron chi connectivity index (χ4n) is 2.89. The van der Waals surface area contributed by atoms with E-state index in [-0.39, 0.29) is 11.3 Å². The number of benzene rings is 2. The number of ether oxygens (including phenoxy) is 1. The van der Waals surface area contributed by atoms with E-state index in [1.54, 1.807) is 48.9 Å². The molecule has 2 heterocycles. The van der Waals surface area contributed by atoms with Gasteiger partial charge in [0.2, 0.25) is 0 Å². The van der Waals surface area contributed by atoms with E-state index < -0.39 is 5.97 Å². The van der Waals surface area contributed by atoms with Crippen LogP contribution in [0.3, 0.4) is 0 Å². The second kappa shape index (κ2) is 6.92. The molecule has 4 aromatic rings. The van der Waals surface area contributed by atoms with Crippen molar-refractivity contribution in [2.75, 3.05) is 12.4 Å². The molecule has 2 aromatic heterocycles. The number of aromatic nitrogens is 3. The molecule has 0 aliphatic heterocycles. The summed E-state index contributed by atoms with van der Waals surface area (Å²) >= 11 is 0. The number of carbonyl (C=O) groups is 1. The molecule has 0 radical (unpaired) electrons. The number of hydrogen-bond acceptors (Lipinski definition) is 6. The third-order valence-corrected chi connectivity index (χ3v) is 4.28. The maximum absolute atomic E-state index is 11.1. The molecule has 0 amide bonds. The maximum atomic E-state index is 11.1. The molecule has 0 atom stereocenters. The molecule has 0 saturated carbocycles. The summed E-state index contributed by atoms with van der Waals surface area (Å²) in [6.07, 6.45) is 5.06. The van der Waals surface area contributed by atoms with E-state index in [9.17, 15) is 9.90 Å². The van der Waals surface area contributed by atoms with Crippen LogP contribution in [-0.4, -0.2) is 37.7 Å². The van der Waals surface area contributed by atoms with Gasteiger partial charge >= 0.3 is 5.97 Å². The highest BCUT2D eigenvalue weighted by molar-refractivity contribution is 5.88. The standard InChI is InChI=1S/C20H16N4O4/c1-28-16-10-13(4-7-15(16)25)18-19(24-9-8-21-11-17(24)23-18)22-14-5-2-12(3-6-14)20(26)27/h2-11,22,25H,1H3,(H,26,27). The average Bonchev–Trinajstić information content (AvgIpc) is 3.07. The van der Waals surface area contributed by atoms with Crippen LogP contribution in [0.4, 0.5) is 11.5 Å². The minimum absolute atomic E-state index is 0.0375. The fraction of sp³-hybridized carbons (Fsp3) is 0.0500. The van der Waals surface area contributed by atoms with Crippen LogP contribution < -0.4 is 10.1 Å². The lowest BCUT2D eigenvalue weighted by atomic mass is 10.1. The number of nitrogens with zero attached hydrogens (tertiary/aromatic N) is 3. The number of fused-ring (bicyclic) bond motifs is 1. The third kappa shape index (κ3) is 3.07. The molecule has 8 heteroatoms. The average molecular weight is 376 g/mol. The number of phenolic OH excluding ortho intramolecular Hbond substituents is 1. The number of rotatable bonds is 5. The molecule has 8 nitrogen and oxygen atoms in total. The van der Waals surface area contributed by atoms with Gasteiger partial charge in [0, 0.05) is 23.6 Å². The largest absolute Gasteiger partial charge is 0.504 e. The van der Waals surface area contributed by atoms with Crippen molar-refractivity contribution in [2.45, 2.75) is 0 Å². The molecule has 0 fully saturated rings. The van der Waals surface area contributed by atoms with Crippen LogP contribution in [0.5, 0.6) is 11.5 Å². The van der Waals surface area contributed by atoms with E-state index in [1.807, 2.05) is 4.40 Å². The maximum Gasteiger partial charge on any atom is 0.335 e. The summed E-state index contributed by atoms with van der Waals surface area (Å²) in [5.74, 6) is 0.0670. The van der Waals surface area contributed by atoms with E-state index in [2.05, 4.69) is 15.3 Å². The highest BCUT2D eigenvalue weighted by Gasteiger charge is 2.16. The Balaban J connectivity index is 1.82. The Morgan fingerprint density at radius 2 is 1.96 bits per heavy atom. The number of phenols is 1. The zero-order valence-electron chi connectivity index (χ0n) is 14.8. The van der Waals surface area contributed by atoms with Gasteiger partial charge in [-0.15, -0.1) is 0 Å². The number of methoxy groups -OCH3 is 1. The van der Waals surface area contributed by atoms with Crippen LogP contribution in [0, 0.1) is 0 Å². The van der Waals surface area contributed by atoms with Gasteiger partial charge in [-0.3, -0.25) is 9.38 Å². The van der Waals surface area contributed by atoms with Crippen LogP contribution in [0.1, 0.15) is 10.4 Å². The van der Waals surface area contributed by atoms with Crippen molar-refractivity contribution in [2.24, 2.45) is 0 Å². The number of carboxylic acid groups (broad SMARTS) is 1. The van der Waals surface area contributed by atoms with Crippen molar-refractivity contribution in [3.63, 3.8) is 0 Å². The van der Waals surface area contributed by atoms with Gasteiger partial charge in [0.1, 0.15) is 11.5 Å². The summed E-state index contributed by atoms with van der Waals surface area (Å²) in [5.41, 5.74) is 2.91. The van der Waals surface area contributed by atoms with Gasteiger partial charge in [0.15, 0.2) is 17.1 Å². The molecule has 28 heavy (non-hydrogen) atoms. The Morgan fingerprint density at radius 3 is 2.68 bits per heavy atom. The second-order valence-electron chi connectivity index (χ2n) is 6.01. The molecule has 0 unspecified atom stereocenters. The molecule has 140 valence electrons. The Morgan fingerprint density at radius 1 is 1.18 bits per heavy atom. The Hall–Kier alpha value is -4.07. The van der Waals surface area contributed by atoms with E-state index in [0.717, 1.165) is 5.56 Å². The molecule has 0 spiro atoms. The van der Waals surface area contributed by atoms with Crippen molar-refractivity contribution in [3.05, 3.63) is 66.6 Å². The first-order chi connectivity index (χ1) is 13.6. The molecule has 0 bridgehead atoms. The van der Waals surface area contributed by atoms with Crippen LogP contribution >= 0.6 is 0 Å². The fourth-order valence-corrected chi connectivity index (χ4v) is 2.89. The summed E-state index contributed by atoms with van der Waals surface area (Å²) in [6.45, 7) is 0. The number of imidazole rings is 1. The van der Waals surface area contributed by atoms with Crippen molar-refractivity contribution < 1.29 is 19.7 Å². The van der Waals surface area contributed by atoms with Gasteiger partial charge in [-0.05, 0) is 42.5 Å². The van der Waals surface area contributed by atoms with Gasteiger partial charge in [-0.2, -0.15) is 0 Å². The minimum Gasteiger partial charge on any atom is -0.504 e. The van der Waals surface area contributed by atoms with E-state index >= 15 is 0 Å². The van der Waals surface area contributed by atoms with Gasteiger partial charge in [-0.25, -0.2) is 9.78 Å². The molecular formula is C20H16N4O4. The van der Waals surface area contributed by atoms with Crippen LogP contribution in [-0.2, 0) is 0 Å². The summed E-state index contributed by atoms with van der Waals surface area (Å²) in [6, 6.07) is 11.4. The topological polar surface area (TPSA) is 109 Å². The summed E-state index contributed by atoms with van der Waals surface area (Å²) in [5, 5.41) is 22.2. The zero-order valence-corrected chi connectivity index (χ0v) is 14.8. The first-order valence-corrected chi connectivity index (χ1v) is 8.36. The van der Waals surface area contributed by atoms with Crippen molar-refractivity contribution in [1.82, 2.24) is 14.4 Å². The van der Waals surface area contributed by atoms with Crippen molar-refractivity contribution in [3.8, 4) is 22.8 Å². The normalized spacial score (nSPS) is 10.8. The molecule has 0 aliphatic carbocycles. The number of aromatic carboxylic acids is 1. The Labute approximate surface area is 159 Å². The predicted octanol–water partition coefficient (Wildman–Crippen LogP) is 3.55. The lowest BCUT2D eigenvalue weighted by Crippen LogP contribution is -1.99. The highest BCUT2D eigenvalue weighted by atomic mass is 16.5. The molecule has 3 N–H and O–H groups in total. The number of aromatic hydroxyl groups is 1. The van der Waals surface area contributed by atoms with Gasteiger partial charge in [-0.1, -0.05) is 0 Å². The monoisotopic (exact) mass is 376 g/mol. The van der Waals surface area contributed by atoms with Gasteiger partial charge < -0.3 is 20.3 Å². The first-order valence-electron chi connectivity index (χ1n) is 8.36. The van der Waals surface area contributed by atoms with E-state index in [1.165, 1.54) is 19.2 Å². The van der Waals surface area contributed by atoms with Crippen LogP contribution in [0.2, 0.25) is 0 Å². The van der Waals surface area contributed by atoms with Crippen LogP contribution in [0.25, 0.3) is 16.9 Å². The second-order valence-corrected chi connectivity index (χ2v) is 6.01. The molecule has 0 saturated heterocycles. The summed E-state index contributed by atoms with van der Waals surface area (Å²) in [7, 11) is 1.48. The lowest BCUT2D eigenvalue weighted by Gasteiger charge is -2.10. The van der Waals surface area contributed by atoms with Gasteiger partial charge in [0.05, 0.1) is 18.9 Å². The highest BCUT2D eigenvalue weighted by Crippen LogP contribution is 2.36. The zero-order chi connectivity index (χ0) is 19.7. The number of anilines is 2. The molecular weight excluding hydrogens is 360 g/mol. The smallest absolute Gasteiger partial charge is 0.335 e.